The van der Waals surface area contributed by atoms with Crippen molar-refractivity contribution in [3.8, 4) is 17.2 Å². The Morgan fingerprint density at radius 3 is 2.38 bits per heavy atom. The number of fused-ring (bicyclic) bond motifs is 4. The molecular weight excluding hydrogens is 402 g/mol. The summed E-state index contributed by atoms with van der Waals surface area (Å²) in [6.07, 6.45) is 1.32. The second-order valence-corrected chi connectivity index (χ2v) is 9.39. The van der Waals surface area contributed by atoms with Crippen LogP contribution < -0.4 is 14.8 Å². The maximum Gasteiger partial charge on any atom is 0.200 e. The molecular formula is C27H27NO4. The first-order valence-corrected chi connectivity index (χ1v) is 10.8. The van der Waals surface area contributed by atoms with E-state index in [-0.39, 0.29) is 23.0 Å². The highest BCUT2D eigenvalue weighted by Gasteiger charge is 2.41. The predicted octanol–water partition coefficient (Wildman–Crippen LogP) is 5.87. The van der Waals surface area contributed by atoms with Gasteiger partial charge in [0.25, 0.3) is 0 Å². The SMILES string of the molecule is COc1cc([C@H]2Nc3ccc4ccccc4c3C3=C2C(=O)CC(C)(C)C3)cc(OC)c1O. The van der Waals surface area contributed by atoms with Crippen LogP contribution in [0.1, 0.15) is 43.9 Å². The van der Waals surface area contributed by atoms with E-state index >= 15 is 0 Å². The molecule has 2 N–H and O–H groups in total. The number of hydrogen-bond acceptors (Lipinski definition) is 5. The highest BCUT2D eigenvalue weighted by atomic mass is 16.5. The van der Waals surface area contributed by atoms with Crippen molar-refractivity contribution < 1.29 is 19.4 Å². The second kappa shape index (κ2) is 7.30. The van der Waals surface area contributed by atoms with Gasteiger partial charge in [0.05, 0.1) is 20.3 Å². The number of nitrogens with one attached hydrogen (secondary N) is 1. The number of carbonyl (C=O) groups excluding carboxylic acids is 1. The third kappa shape index (κ3) is 3.11. The molecule has 0 saturated carbocycles. The first kappa shape index (κ1) is 20.4. The van der Waals surface area contributed by atoms with Crippen LogP contribution in [-0.4, -0.2) is 25.1 Å². The van der Waals surface area contributed by atoms with Crippen LogP contribution in [0.5, 0.6) is 17.2 Å². The molecule has 0 radical (unpaired) electrons. The van der Waals surface area contributed by atoms with E-state index in [9.17, 15) is 9.90 Å². The summed E-state index contributed by atoms with van der Waals surface area (Å²) in [6, 6.07) is 15.7. The molecule has 1 aliphatic heterocycles. The number of phenolic OH excluding ortho intramolecular Hbond substituents is 1. The normalized spacial score (nSPS) is 19.2. The molecule has 3 aromatic carbocycles. The van der Waals surface area contributed by atoms with Gasteiger partial charge in [0, 0.05) is 23.2 Å². The van der Waals surface area contributed by atoms with Crippen molar-refractivity contribution in [2.24, 2.45) is 5.41 Å². The summed E-state index contributed by atoms with van der Waals surface area (Å²) in [5.74, 6) is 0.733. The van der Waals surface area contributed by atoms with Gasteiger partial charge >= 0.3 is 0 Å². The minimum Gasteiger partial charge on any atom is -0.502 e. The lowest BCUT2D eigenvalue weighted by molar-refractivity contribution is -0.118. The van der Waals surface area contributed by atoms with E-state index < -0.39 is 0 Å². The van der Waals surface area contributed by atoms with Gasteiger partial charge in [-0.2, -0.15) is 0 Å². The lowest BCUT2D eigenvalue weighted by Crippen LogP contribution is -2.33. The van der Waals surface area contributed by atoms with Gasteiger partial charge in [-0.1, -0.05) is 44.2 Å². The van der Waals surface area contributed by atoms with E-state index in [1.807, 2.05) is 12.1 Å². The van der Waals surface area contributed by atoms with Crippen LogP contribution >= 0.6 is 0 Å². The minimum atomic E-state index is -0.356. The highest BCUT2D eigenvalue weighted by molar-refractivity contribution is 6.12. The Balaban J connectivity index is 1.79. The molecule has 0 aromatic heterocycles. The number of allylic oxidation sites excluding steroid dienone is 1. The van der Waals surface area contributed by atoms with Crippen LogP contribution in [0.2, 0.25) is 0 Å². The molecule has 3 aromatic rings. The zero-order chi connectivity index (χ0) is 22.6. The topological polar surface area (TPSA) is 67.8 Å². The first-order valence-electron chi connectivity index (χ1n) is 10.8. The van der Waals surface area contributed by atoms with Gasteiger partial charge in [0.1, 0.15) is 0 Å². The monoisotopic (exact) mass is 429 g/mol. The molecule has 0 saturated heterocycles. The van der Waals surface area contributed by atoms with Gasteiger partial charge in [0.15, 0.2) is 17.3 Å². The van der Waals surface area contributed by atoms with Gasteiger partial charge in [-0.15, -0.1) is 0 Å². The quantitative estimate of drug-likeness (QED) is 0.545. The summed E-state index contributed by atoms with van der Waals surface area (Å²) < 4.78 is 10.8. The van der Waals surface area contributed by atoms with Crippen LogP contribution in [0.15, 0.2) is 54.1 Å². The number of Topliss-reactive ketones (excluding diaryl/α,β-unsaturated/α-hetero) is 1. The summed E-state index contributed by atoms with van der Waals surface area (Å²) >= 11 is 0. The summed E-state index contributed by atoms with van der Waals surface area (Å²) in [6.45, 7) is 4.31. The van der Waals surface area contributed by atoms with Gasteiger partial charge in [-0.3, -0.25) is 4.79 Å². The van der Waals surface area contributed by atoms with Crippen LogP contribution in [0.4, 0.5) is 5.69 Å². The molecule has 1 heterocycles. The third-order valence-corrected chi connectivity index (χ3v) is 6.57. The molecule has 2 aliphatic rings. The smallest absolute Gasteiger partial charge is 0.200 e. The molecule has 1 atom stereocenters. The Morgan fingerprint density at radius 1 is 1.00 bits per heavy atom. The van der Waals surface area contributed by atoms with Crippen molar-refractivity contribution in [1.82, 2.24) is 0 Å². The van der Waals surface area contributed by atoms with E-state index in [1.165, 1.54) is 14.2 Å². The van der Waals surface area contributed by atoms with Gasteiger partial charge in [-0.05, 0) is 51.9 Å². The summed E-state index contributed by atoms with van der Waals surface area (Å²) in [5.41, 5.74) is 4.72. The predicted molar refractivity (Wildman–Crippen MR) is 126 cm³/mol. The van der Waals surface area contributed by atoms with Gasteiger partial charge in [-0.25, -0.2) is 0 Å². The highest BCUT2D eigenvalue weighted by Crippen LogP contribution is 2.53. The number of ketones is 1. The lowest BCUT2D eigenvalue weighted by Gasteiger charge is -2.40. The molecule has 0 spiro atoms. The van der Waals surface area contributed by atoms with Crippen molar-refractivity contribution in [1.29, 1.82) is 0 Å². The number of carbonyl (C=O) groups is 1. The van der Waals surface area contributed by atoms with Crippen molar-refractivity contribution in [2.45, 2.75) is 32.7 Å². The van der Waals surface area contributed by atoms with Crippen molar-refractivity contribution in [3.63, 3.8) is 0 Å². The number of benzene rings is 3. The van der Waals surface area contributed by atoms with Gasteiger partial charge < -0.3 is 19.9 Å². The Kier molecular flexibility index (Phi) is 4.66. The summed E-state index contributed by atoms with van der Waals surface area (Å²) in [7, 11) is 3.01. The number of anilines is 1. The van der Waals surface area contributed by atoms with Crippen LogP contribution in [-0.2, 0) is 4.79 Å². The third-order valence-electron chi connectivity index (χ3n) is 6.57. The van der Waals surface area contributed by atoms with E-state index in [2.05, 4.69) is 43.4 Å². The molecule has 32 heavy (non-hydrogen) atoms. The number of ether oxygens (including phenoxy) is 2. The Hall–Kier alpha value is -3.47. The van der Waals surface area contributed by atoms with E-state index in [4.69, 9.17) is 9.47 Å². The number of rotatable bonds is 3. The fourth-order valence-corrected chi connectivity index (χ4v) is 5.17. The Bertz CT molecular complexity index is 1260. The maximum atomic E-state index is 13.5. The molecule has 0 fully saturated rings. The van der Waals surface area contributed by atoms with Crippen molar-refractivity contribution in [2.75, 3.05) is 19.5 Å². The number of methoxy groups -OCH3 is 2. The van der Waals surface area contributed by atoms with Gasteiger partial charge in [0.2, 0.25) is 5.75 Å². The van der Waals surface area contributed by atoms with E-state index in [0.29, 0.717) is 17.9 Å². The van der Waals surface area contributed by atoms with Crippen LogP contribution in [0.25, 0.3) is 16.3 Å². The summed E-state index contributed by atoms with van der Waals surface area (Å²) in [4.78, 5) is 13.5. The van der Waals surface area contributed by atoms with E-state index in [1.54, 1.807) is 12.1 Å². The van der Waals surface area contributed by atoms with Crippen LogP contribution in [0.3, 0.4) is 0 Å². The minimum absolute atomic E-state index is 0.0498. The fourth-order valence-electron chi connectivity index (χ4n) is 5.17. The maximum absolute atomic E-state index is 13.5. The average Bonchev–Trinajstić information content (AvgIpc) is 2.77. The average molecular weight is 430 g/mol. The molecule has 5 nitrogen and oxygen atoms in total. The molecule has 0 bridgehead atoms. The Morgan fingerprint density at radius 2 is 1.69 bits per heavy atom. The molecule has 5 rings (SSSR count). The zero-order valence-electron chi connectivity index (χ0n) is 18.8. The largest absolute Gasteiger partial charge is 0.502 e. The fraction of sp³-hybridized carbons (Fsp3) is 0.296. The second-order valence-electron chi connectivity index (χ2n) is 9.39. The standard InChI is InChI=1S/C27H27NO4/c1-27(2)13-18-23-17-8-6-5-7-15(17)9-10-19(23)28-25(24(18)20(29)14-27)16-11-21(31-3)26(30)22(12-16)32-4/h5-12,25,28,30H,13-14H2,1-4H3/t25-/m1/s1. The van der Waals surface area contributed by atoms with Crippen molar-refractivity contribution in [3.05, 3.63) is 65.2 Å². The molecule has 0 unspecified atom stereocenters. The molecule has 1 aliphatic carbocycles. The Labute approximate surface area is 187 Å². The van der Waals surface area contributed by atoms with Crippen molar-refractivity contribution >= 4 is 27.8 Å². The van der Waals surface area contributed by atoms with Crippen LogP contribution in [0, 0.1) is 5.41 Å². The number of aromatic hydroxyl groups is 1. The number of hydrogen-bond donors (Lipinski definition) is 2. The first-order chi connectivity index (χ1) is 15.3. The molecule has 5 heteroatoms. The zero-order valence-corrected chi connectivity index (χ0v) is 18.8. The summed E-state index contributed by atoms with van der Waals surface area (Å²) in [5, 5.41) is 16.3. The molecule has 164 valence electrons. The lowest BCUT2D eigenvalue weighted by atomic mass is 9.68. The van der Waals surface area contributed by atoms with E-state index in [0.717, 1.165) is 45.2 Å². The molecule has 0 amide bonds. The number of phenols is 1.